The van der Waals surface area contributed by atoms with Crippen molar-refractivity contribution in [3.63, 3.8) is 0 Å². The van der Waals surface area contributed by atoms with Gasteiger partial charge in [-0.2, -0.15) is 4.98 Å². The van der Waals surface area contributed by atoms with Gasteiger partial charge in [-0.15, -0.1) is 0 Å². The van der Waals surface area contributed by atoms with Gasteiger partial charge in [-0.3, -0.25) is 4.79 Å². The molecule has 0 saturated heterocycles. The number of esters is 1. The summed E-state index contributed by atoms with van der Waals surface area (Å²) in [5, 5.41) is 4.55. The van der Waals surface area contributed by atoms with Crippen LogP contribution in [0.15, 0.2) is 56.2 Å². The molecule has 0 amide bonds. The first kappa shape index (κ1) is 21.3. The standard InChI is InChI=1S/C24H22N2O6/c1-13(27)30-19-12-16(24(2,3)4)10-15-11-18(23(28)31-20(15)19)22-25-21(26-32-22)14-6-8-17(29-5)9-7-14/h6-12H,1-5H3. The van der Waals surface area contributed by atoms with Gasteiger partial charge in [0.2, 0.25) is 5.82 Å². The van der Waals surface area contributed by atoms with E-state index in [4.69, 9.17) is 18.4 Å². The first-order valence-electron chi connectivity index (χ1n) is 9.95. The minimum Gasteiger partial charge on any atom is -0.497 e. The summed E-state index contributed by atoms with van der Waals surface area (Å²) < 4.78 is 21.3. The number of rotatable bonds is 4. The molecule has 8 nitrogen and oxygen atoms in total. The van der Waals surface area contributed by atoms with E-state index in [2.05, 4.69) is 10.1 Å². The highest BCUT2D eigenvalue weighted by atomic mass is 16.5. The predicted octanol–water partition coefficient (Wildman–Crippen LogP) is 4.74. The van der Waals surface area contributed by atoms with E-state index in [0.717, 1.165) is 5.56 Å². The van der Waals surface area contributed by atoms with E-state index in [9.17, 15) is 9.59 Å². The molecule has 2 heterocycles. The van der Waals surface area contributed by atoms with E-state index in [1.54, 1.807) is 43.5 Å². The van der Waals surface area contributed by atoms with Gasteiger partial charge in [-0.25, -0.2) is 4.79 Å². The van der Waals surface area contributed by atoms with Crippen LogP contribution in [0.25, 0.3) is 33.8 Å². The maximum Gasteiger partial charge on any atom is 0.349 e. The van der Waals surface area contributed by atoms with Crippen molar-refractivity contribution in [2.45, 2.75) is 33.1 Å². The minimum atomic E-state index is -0.681. The van der Waals surface area contributed by atoms with Gasteiger partial charge in [-0.05, 0) is 53.4 Å². The van der Waals surface area contributed by atoms with E-state index in [1.807, 2.05) is 26.8 Å². The van der Waals surface area contributed by atoms with Crippen molar-refractivity contribution >= 4 is 16.9 Å². The fourth-order valence-electron chi connectivity index (χ4n) is 3.21. The van der Waals surface area contributed by atoms with E-state index >= 15 is 0 Å². The van der Waals surface area contributed by atoms with Crippen LogP contribution in [0.3, 0.4) is 0 Å². The Labute approximate surface area is 183 Å². The predicted molar refractivity (Wildman–Crippen MR) is 118 cm³/mol. The SMILES string of the molecule is COc1ccc(-c2noc(-c3cc4cc(C(C)(C)C)cc(OC(C)=O)c4oc3=O)n2)cc1. The van der Waals surface area contributed by atoms with E-state index in [0.29, 0.717) is 22.5 Å². The monoisotopic (exact) mass is 434 g/mol. The molecule has 0 spiro atoms. The van der Waals surface area contributed by atoms with Crippen LogP contribution in [-0.2, 0) is 10.2 Å². The summed E-state index contributed by atoms with van der Waals surface area (Å²) in [6.45, 7) is 7.39. The van der Waals surface area contributed by atoms with Crippen LogP contribution in [0.2, 0.25) is 0 Å². The van der Waals surface area contributed by atoms with Crippen molar-refractivity contribution in [1.82, 2.24) is 10.1 Å². The average Bonchev–Trinajstić information content (AvgIpc) is 3.22. The summed E-state index contributed by atoms with van der Waals surface area (Å²) in [5.74, 6) is 0.733. The molecule has 0 aliphatic carbocycles. The quantitative estimate of drug-likeness (QED) is 0.258. The molecular formula is C24H22N2O6. The smallest absolute Gasteiger partial charge is 0.349 e. The molecule has 2 aromatic heterocycles. The van der Waals surface area contributed by atoms with Crippen molar-refractivity contribution in [2.24, 2.45) is 0 Å². The Balaban J connectivity index is 1.83. The molecule has 0 aliphatic heterocycles. The third-order valence-electron chi connectivity index (χ3n) is 4.92. The zero-order valence-corrected chi connectivity index (χ0v) is 18.4. The number of aromatic nitrogens is 2. The number of methoxy groups -OCH3 is 1. The molecule has 8 heteroatoms. The number of hydrogen-bond acceptors (Lipinski definition) is 8. The van der Waals surface area contributed by atoms with Crippen molar-refractivity contribution in [1.29, 1.82) is 0 Å². The zero-order valence-electron chi connectivity index (χ0n) is 18.4. The summed E-state index contributed by atoms with van der Waals surface area (Å²) in [5.41, 5.74) is 0.996. The fraction of sp³-hybridized carbons (Fsp3) is 0.250. The van der Waals surface area contributed by atoms with Gasteiger partial charge in [0, 0.05) is 17.9 Å². The molecule has 32 heavy (non-hydrogen) atoms. The molecule has 4 rings (SSSR count). The number of ether oxygens (including phenoxy) is 2. The second-order valence-corrected chi connectivity index (χ2v) is 8.34. The van der Waals surface area contributed by atoms with Crippen molar-refractivity contribution in [2.75, 3.05) is 7.11 Å². The van der Waals surface area contributed by atoms with Crippen molar-refractivity contribution in [3.8, 4) is 34.3 Å². The lowest BCUT2D eigenvalue weighted by molar-refractivity contribution is -0.131. The highest BCUT2D eigenvalue weighted by molar-refractivity contribution is 5.88. The lowest BCUT2D eigenvalue weighted by Gasteiger charge is -2.20. The Bertz CT molecular complexity index is 1360. The van der Waals surface area contributed by atoms with E-state index in [-0.39, 0.29) is 28.2 Å². The number of nitrogens with zero attached hydrogens (tertiary/aromatic N) is 2. The Morgan fingerprint density at radius 3 is 2.41 bits per heavy atom. The number of hydrogen-bond donors (Lipinski definition) is 0. The molecule has 0 atom stereocenters. The molecule has 0 fully saturated rings. The third-order valence-corrected chi connectivity index (χ3v) is 4.92. The van der Waals surface area contributed by atoms with Gasteiger partial charge in [0.15, 0.2) is 11.3 Å². The fourth-order valence-corrected chi connectivity index (χ4v) is 3.21. The van der Waals surface area contributed by atoms with Gasteiger partial charge in [-0.1, -0.05) is 25.9 Å². The summed E-state index contributed by atoms with van der Waals surface area (Å²) in [7, 11) is 1.58. The number of benzene rings is 2. The number of fused-ring (bicyclic) bond motifs is 1. The maximum absolute atomic E-state index is 12.7. The van der Waals surface area contributed by atoms with Gasteiger partial charge in [0.1, 0.15) is 11.3 Å². The highest BCUT2D eigenvalue weighted by Crippen LogP contribution is 2.34. The molecule has 164 valence electrons. The first-order chi connectivity index (χ1) is 15.2. The highest BCUT2D eigenvalue weighted by Gasteiger charge is 2.22. The van der Waals surface area contributed by atoms with Crippen LogP contribution in [0.5, 0.6) is 11.5 Å². The number of carbonyl (C=O) groups is 1. The Kier molecular flexibility index (Phi) is 5.30. The van der Waals surface area contributed by atoms with Crippen LogP contribution in [-0.4, -0.2) is 23.2 Å². The van der Waals surface area contributed by atoms with Crippen molar-refractivity contribution < 1.29 is 23.2 Å². The molecule has 0 unspecified atom stereocenters. The average molecular weight is 434 g/mol. The third kappa shape index (κ3) is 4.12. The lowest BCUT2D eigenvalue weighted by atomic mass is 9.86. The van der Waals surface area contributed by atoms with Crippen LogP contribution in [0, 0.1) is 0 Å². The van der Waals surface area contributed by atoms with E-state index in [1.165, 1.54) is 6.92 Å². The molecule has 0 bridgehead atoms. The second kappa shape index (κ2) is 7.96. The molecule has 4 aromatic rings. The van der Waals surface area contributed by atoms with Crippen molar-refractivity contribution in [3.05, 3.63) is 58.4 Å². The van der Waals surface area contributed by atoms with Crippen LogP contribution < -0.4 is 15.1 Å². The molecule has 0 aliphatic rings. The second-order valence-electron chi connectivity index (χ2n) is 8.34. The van der Waals surface area contributed by atoms with Gasteiger partial charge >= 0.3 is 11.6 Å². The summed E-state index contributed by atoms with van der Waals surface area (Å²) in [6, 6.07) is 12.3. The van der Waals surface area contributed by atoms with Gasteiger partial charge < -0.3 is 18.4 Å². The Morgan fingerprint density at radius 2 is 1.78 bits per heavy atom. The van der Waals surface area contributed by atoms with Gasteiger partial charge in [0.25, 0.3) is 5.89 Å². The van der Waals surface area contributed by atoms with Crippen LogP contribution in [0.1, 0.15) is 33.3 Å². The van der Waals surface area contributed by atoms with Crippen LogP contribution in [0.4, 0.5) is 0 Å². The number of carbonyl (C=O) groups excluding carboxylic acids is 1. The largest absolute Gasteiger partial charge is 0.497 e. The Morgan fingerprint density at radius 1 is 1.06 bits per heavy atom. The summed E-state index contributed by atoms with van der Waals surface area (Å²) in [6.07, 6.45) is 0. The first-order valence-corrected chi connectivity index (χ1v) is 9.95. The molecular weight excluding hydrogens is 412 g/mol. The Hall–Kier alpha value is -3.94. The lowest BCUT2D eigenvalue weighted by Crippen LogP contribution is -2.13. The maximum atomic E-state index is 12.7. The topological polar surface area (TPSA) is 105 Å². The zero-order chi connectivity index (χ0) is 23.0. The normalized spacial score (nSPS) is 11.5. The molecule has 0 radical (unpaired) electrons. The molecule has 2 aromatic carbocycles. The summed E-state index contributed by atoms with van der Waals surface area (Å²) in [4.78, 5) is 28.7. The molecule has 0 N–H and O–H groups in total. The summed E-state index contributed by atoms with van der Waals surface area (Å²) >= 11 is 0. The van der Waals surface area contributed by atoms with Crippen LogP contribution >= 0.6 is 0 Å². The van der Waals surface area contributed by atoms with Gasteiger partial charge in [0.05, 0.1) is 7.11 Å². The van der Waals surface area contributed by atoms with E-state index < -0.39 is 11.6 Å². The minimum absolute atomic E-state index is 0.0293. The molecule has 0 saturated carbocycles.